The first-order chi connectivity index (χ1) is 12.1. The van der Waals surface area contributed by atoms with Crippen molar-refractivity contribution in [3.8, 4) is 0 Å². The van der Waals surface area contributed by atoms with Crippen LogP contribution in [0.5, 0.6) is 0 Å². The van der Waals surface area contributed by atoms with Crippen LogP contribution in [0.4, 0.5) is 4.39 Å². The summed E-state index contributed by atoms with van der Waals surface area (Å²) in [7, 11) is 1.81. The van der Waals surface area contributed by atoms with Gasteiger partial charge in [-0.25, -0.2) is 9.37 Å². The van der Waals surface area contributed by atoms with Crippen LogP contribution in [0.25, 0.3) is 11.0 Å². The molecule has 0 unspecified atom stereocenters. The summed E-state index contributed by atoms with van der Waals surface area (Å²) in [5.74, 6) is 0.472. The van der Waals surface area contributed by atoms with Crippen LogP contribution in [0.3, 0.4) is 0 Å². The second kappa shape index (κ2) is 7.47. The third-order valence-electron chi connectivity index (χ3n) is 4.32. The number of imidazole rings is 1. The number of para-hydroxylation sites is 2. The van der Waals surface area contributed by atoms with Crippen LogP contribution >= 0.6 is 0 Å². The van der Waals surface area contributed by atoms with E-state index in [0.717, 1.165) is 17.5 Å². The van der Waals surface area contributed by atoms with Crippen LogP contribution in [0.2, 0.25) is 0 Å². The summed E-state index contributed by atoms with van der Waals surface area (Å²) in [6, 6.07) is 14.4. The minimum absolute atomic E-state index is 0.0276. The molecule has 0 N–H and O–H groups in total. The third kappa shape index (κ3) is 3.71. The van der Waals surface area contributed by atoms with Crippen LogP contribution in [0.1, 0.15) is 24.7 Å². The molecule has 4 nitrogen and oxygen atoms in total. The number of fused-ring (bicyclic) bond motifs is 1. The molecule has 2 aromatic carbocycles. The van der Waals surface area contributed by atoms with Crippen molar-refractivity contribution in [2.75, 3.05) is 13.6 Å². The first-order valence-corrected chi connectivity index (χ1v) is 8.51. The largest absolute Gasteiger partial charge is 0.344 e. The van der Waals surface area contributed by atoms with Crippen LogP contribution in [-0.2, 0) is 17.8 Å². The maximum absolute atomic E-state index is 14.0. The van der Waals surface area contributed by atoms with Gasteiger partial charge < -0.3 is 9.47 Å². The molecule has 0 radical (unpaired) electrons. The third-order valence-corrected chi connectivity index (χ3v) is 4.32. The van der Waals surface area contributed by atoms with E-state index in [0.29, 0.717) is 24.4 Å². The lowest BCUT2D eigenvalue weighted by molar-refractivity contribution is -0.130. The molecule has 5 heteroatoms. The topological polar surface area (TPSA) is 38.1 Å². The number of hydrogen-bond acceptors (Lipinski definition) is 2. The van der Waals surface area contributed by atoms with Crippen molar-refractivity contribution in [3.63, 3.8) is 0 Å². The lowest BCUT2D eigenvalue weighted by Crippen LogP contribution is -2.31. The molecule has 3 rings (SSSR count). The van der Waals surface area contributed by atoms with E-state index in [1.54, 1.807) is 17.0 Å². The van der Waals surface area contributed by atoms with Gasteiger partial charge in [0.25, 0.3) is 0 Å². The minimum atomic E-state index is -0.254. The molecule has 25 heavy (non-hydrogen) atoms. The summed E-state index contributed by atoms with van der Waals surface area (Å²) in [5.41, 5.74) is 2.29. The van der Waals surface area contributed by atoms with Gasteiger partial charge in [-0.05, 0) is 30.2 Å². The Morgan fingerprint density at radius 2 is 1.88 bits per heavy atom. The number of benzene rings is 2. The molecule has 1 aromatic heterocycles. The highest BCUT2D eigenvalue weighted by Crippen LogP contribution is 2.20. The second-order valence-electron chi connectivity index (χ2n) is 6.19. The zero-order valence-corrected chi connectivity index (χ0v) is 14.6. The van der Waals surface area contributed by atoms with E-state index in [9.17, 15) is 9.18 Å². The molecule has 0 aliphatic rings. The SMILES string of the molecule is CCCN(C)C(=O)Cn1c(Cc2ccccc2F)nc2ccccc21. The summed E-state index contributed by atoms with van der Waals surface area (Å²) in [6.07, 6.45) is 1.27. The molecule has 0 spiro atoms. The van der Waals surface area contributed by atoms with E-state index in [1.807, 2.05) is 48.9 Å². The first-order valence-electron chi connectivity index (χ1n) is 8.51. The molecule has 0 aliphatic carbocycles. The number of rotatable bonds is 6. The number of halogens is 1. The molecule has 0 aliphatic heterocycles. The molecule has 1 amide bonds. The van der Waals surface area contributed by atoms with E-state index < -0.39 is 0 Å². The Hall–Kier alpha value is -2.69. The molecular weight excluding hydrogens is 317 g/mol. The fourth-order valence-electron chi connectivity index (χ4n) is 2.96. The first kappa shape index (κ1) is 17.1. The molecule has 0 fully saturated rings. The number of likely N-dealkylation sites (N-methyl/N-ethyl adjacent to an activating group) is 1. The molecule has 0 atom stereocenters. The number of hydrogen-bond donors (Lipinski definition) is 0. The van der Waals surface area contributed by atoms with Crippen LogP contribution < -0.4 is 0 Å². The van der Waals surface area contributed by atoms with E-state index in [4.69, 9.17) is 0 Å². The maximum Gasteiger partial charge on any atom is 0.242 e. The molecule has 1 heterocycles. The van der Waals surface area contributed by atoms with Crippen LogP contribution in [0, 0.1) is 5.82 Å². The number of amides is 1. The highest BCUT2D eigenvalue weighted by Gasteiger charge is 2.17. The van der Waals surface area contributed by atoms with Crippen molar-refractivity contribution in [1.29, 1.82) is 0 Å². The van der Waals surface area contributed by atoms with E-state index in [-0.39, 0.29) is 18.3 Å². The lowest BCUT2D eigenvalue weighted by Gasteiger charge is -2.17. The fourth-order valence-corrected chi connectivity index (χ4v) is 2.96. The Balaban J connectivity index is 1.97. The maximum atomic E-state index is 14.0. The summed E-state index contributed by atoms with van der Waals surface area (Å²) < 4.78 is 15.9. The standard InChI is InChI=1S/C20H22FN3O/c1-3-12-23(2)20(25)14-24-18-11-7-6-10-17(18)22-19(24)13-15-8-4-5-9-16(15)21/h4-11H,3,12-14H2,1-2H3. The number of carbonyl (C=O) groups is 1. The van der Waals surface area contributed by atoms with Gasteiger partial charge in [0.2, 0.25) is 5.91 Å². The Bertz CT molecular complexity index is 888. The predicted molar refractivity (Wildman–Crippen MR) is 96.9 cm³/mol. The van der Waals surface area contributed by atoms with Crippen molar-refractivity contribution in [2.45, 2.75) is 26.3 Å². The van der Waals surface area contributed by atoms with Crippen molar-refractivity contribution >= 4 is 16.9 Å². The van der Waals surface area contributed by atoms with E-state index in [2.05, 4.69) is 4.98 Å². The van der Waals surface area contributed by atoms with Crippen molar-refractivity contribution in [1.82, 2.24) is 14.5 Å². The van der Waals surface area contributed by atoms with Gasteiger partial charge in [0.05, 0.1) is 11.0 Å². The molecule has 0 saturated heterocycles. The minimum Gasteiger partial charge on any atom is -0.344 e. The summed E-state index contributed by atoms with van der Waals surface area (Å²) in [6.45, 7) is 2.97. The zero-order valence-electron chi connectivity index (χ0n) is 14.6. The van der Waals surface area contributed by atoms with Crippen LogP contribution in [0.15, 0.2) is 48.5 Å². The number of nitrogens with zero attached hydrogens (tertiary/aromatic N) is 3. The molecule has 130 valence electrons. The second-order valence-corrected chi connectivity index (χ2v) is 6.19. The number of aromatic nitrogens is 2. The quantitative estimate of drug-likeness (QED) is 0.688. The normalized spacial score (nSPS) is 11.0. The Kier molecular flexibility index (Phi) is 5.12. The van der Waals surface area contributed by atoms with Gasteiger partial charge in [-0.2, -0.15) is 0 Å². The predicted octanol–water partition coefficient (Wildman–Crippen LogP) is 3.63. The van der Waals surface area contributed by atoms with Crippen molar-refractivity contribution < 1.29 is 9.18 Å². The Labute approximate surface area is 146 Å². The summed E-state index contributed by atoms with van der Waals surface area (Å²) in [4.78, 5) is 18.9. The molecule has 0 bridgehead atoms. The van der Waals surface area contributed by atoms with Gasteiger partial charge in [-0.15, -0.1) is 0 Å². The highest BCUT2D eigenvalue weighted by molar-refractivity contribution is 5.81. The fraction of sp³-hybridized carbons (Fsp3) is 0.300. The van der Waals surface area contributed by atoms with E-state index in [1.165, 1.54) is 6.07 Å². The van der Waals surface area contributed by atoms with Gasteiger partial charge >= 0.3 is 0 Å². The smallest absolute Gasteiger partial charge is 0.242 e. The van der Waals surface area contributed by atoms with Crippen molar-refractivity contribution in [3.05, 3.63) is 65.7 Å². The molecular formula is C20H22FN3O. The Morgan fingerprint density at radius 1 is 1.16 bits per heavy atom. The van der Waals surface area contributed by atoms with Gasteiger partial charge in [0.15, 0.2) is 0 Å². The average molecular weight is 339 g/mol. The monoisotopic (exact) mass is 339 g/mol. The van der Waals surface area contributed by atoms with Crippen molar-refractivity contribution in [2.24, 2.45) is 0 Å². The van der Waals surface area contributed by atoms with E-state index >= 15 is 0 Å². The average Bonchev–Trinajstić information content (AvgIpc) is 2.94. The van der Waals surface area contributed by atoms with Gasteiger partial charge in [0.1, 0.15) is 18.2 Å². The highest BCUT2D eigenvalue weighted by atomic mass is 19.1. The summed E-state index contributed by atoms with van der Waals surface area (Å²) >= 11 is 0. The lowest BCUT2D eigenvalue weighted by atomic mass is 10.1. The van der Waals surface area contributed by atoms with Gasteiger partial charge in [0, 0.05) is 20.0 Å². The molecule has 3 aromatic rings. The zero-order chi connectivity index (χ0) is 17.8. The number of carbonyl (C=O) groups excluding carboxylic acids is 1. The van der Waals surface area contributed by atoms with Crippen LogP contribution in [-0.4, -0.2) is 34.0 Å². The summed E-state index contributed by atoms with van der Waals surface area (Å²) in [5, 5.41) is 0. The van der Waals surface area contributed by atoms with Gasteiger partial charge in [-0.1, -0.05) is 37.3 Å². The van der Waals surface area contributed by atoms with Gasteiger partial charge in [-0.3, -0.25) is 4.79 Å². The molecule has 0 saturated carbocycles. The Morgan fingerprint density at radius 3 is 2.64 bits per heavy atom.